The van der Waals surface area contributed by atoms with Crippen LogP contribution in [0.3, 0.4) is 0 Å². The molecule has 146 valence electrons. The number of aryl methyl sites for hydroxylation is 1. The molecule has 0 unspecified atom stereocenters. The lowest BCUT2D eigenvalue weighted by atomic mass is 9.88. The van der Waals surface area contributed by atoms with Crippen molar-refractivity contribution in [1.82, 2.24) is 5.32 Å². The molecule has 0 saturated heterocycles. The molecule has 5 N–H and O–H groups in total. The van der Waals surface area contributed by atoms with E-state index in [1.807, 2.05) is 60.7 Å². The quantitative estimate of drug-likeness (QED) is 0.395. The van der Waals surface area contributed by atoms with Crippen molar-refractivity contribution in [1.29, 1.82) is 0 Å². The van der Waals surface area contributed by atoms with Crippen LogP contribution in [0.4, 0.5) is 0 Å². The zero-order valence-electron chi connectivity index (χ0n) is 16.3. The van der Waals surface area contributed by atoms with Gasteiger partial charge in [0, 0.05) is 6.54 Å². The Morgan fingerprint density at radius 2 is 1.50 bits per heavy atom. The van der Waals surface area contributed by atoms with Crippen LogP contribution in [0, 0.1) is 6.92 Å². The zero-order chi connectivity index (χ0) is 19.8. The maximum atomic E-state index is 6.81. The number of nitrogens with one attached hydrogen (secondary N) is 1. The molecule has 0 aliphatic heterocycles. The van der Waals surface area contributed by atoms with Crippen LogP contribution in [0.25, 0.3) is 0 Å². The van der Waals surface area contributed by atoms with Crippen molar-refractivity contribution in [2.75, 3.05) is 13.2 Å². The van der Waals surface area contributed by atoms with Crippen LogP contribution < -0.4 is 16.8 Å². The molecule has 3 aromatic carbocycles. The summed E-state index contributed by atoms with van der Waals surface area (Å²) in [5.41, 5.74) is 16.9. The number of rotatable bonds is 9. The lowest BCUT2D eigenvalue weighted by Crippen LogP contribution is -2.58. The maximum Gasteiger partial charge on any atom is 0.112 e. The van der Waals surface area contributed by atoms with Gasteiger partial charge in [0.1, 0.15) is 5.66 Å². The summed E-state index contributed by atoms with van der Waals surface area (Å²) in [6, 6.07) is 27.8. The molecular weight excluding hydrogens is 346 g/mol. The first-order valence-corrected chi connectivity index (χ1v) is 9.63. The molecule has 0 amide bonds. The Bertz CT molecular complexity index is 837. The number of ether oxygens (including phenoxy) is 1. The first kappa shape index (κ1) is 20.2. The lowest BCUT2D eigenvalue weighted by Gasteiger charge is -2.37. The van der Waals surface area contributed by atoms with Crippen LogP contribution in [0.2, 0.25) is 0 Å². The summed E-state index contributed by atoms with van der Waals surface area (Å²) in [6.07, 6.45) is 0. The van der Waals surface area contributed by atoms with Gasteiger partial charge in [0.05, 0.1) is 19.3 Å². The van der Waals surface area contributed by atoms with Crippen molar-refractivity contribution in [3.63, 3.8) is 0 Å². The molecule has 4 heteroatoms. The summed E-state index contributed by atoms with van der Waals surface area (Å²) in [4.78, 5) is 0. The van der Waals surface area contributed by atoms with E-state index in [1.54, 1.807) is 0 Å². The average Bonchev–Trinajstić information content (AvgIpc) is 2.75. The summed E-state index contributed by atoms with van der Waals surface area (Å²) in [6.45, 7) is 3.80. The molecule has 3 aromatic rings. The van der Waals surface area contributed by atoms with E-state index in [4.69, 9.17) is 16.2 Å². The van der Waals surface area contributed by atoms with Gasteiger partial charge in [-0.3, -0.25) is 5.32 Å². The molecule has 3 rings (SSSR count). The Balaban J connectivity index is 1.64. The van der Waals surface area contributed by atoms with Crippen LogP contribution >= 0.6 is 0 Å². The van der Waals surface area contributed by atoms with Gasteiger partial charge in [-0.15, -0.1) is 0 Å². The highest BCUT2D eigenvalue weighted by atomic mass is 16.5. The highest BCUT2D eigenvalue weighted by Gasteiger charge is 2.34. The second-order valence-corrected chi connectivity index (χ2v) is 7.09. The van der Waals surface area contributed by atoms with Crippen molar-refractivity contribution < 1.29 is 4.74 Å². The van der Waals surface area contributed by atoms with E-state index in [1.165, 1.54) is 5.56 Å². The van der Waals surface area contributed by atoms with Crippen molar-refractivity contribution >= 4 is 0 Å². The van der Waals surface area contributed by atoms with Gasteiger partial charge in [-0.25, -0.2) is 0 Å². The van der Waals surface area contributed by atoms with Crippen LogP contribution in [-0.2, 0) is 17.0 Å². The lowest BCUT2D eigenvalue weighted by molar-refractivity contribution is 0.112. The highest BCUT2D eigenvalue weighted by molar-refractivity contribution is 5.31. The van der Waals surface area contributed by atoms with Gasteiger partial charge in [-0.1, -0.05) is 90.5 Å². The number of hydrogen-bond acceptors (Lipinski definition) is 4. The number of nitrogens with two attached hydrogens (primary N) is 2. The minimum Gasteiger partial charge on any atom is -0.375 e. The van der Waals surface area contributed by atoms with Gasteiger partial charge in [0.2, 0.25) is 0 Å². The van der Waals surface area contributed by atoms with Gasteiger partial charge in [0.15, 0.2) is 0 Å². The Morgan fingerprint density at radius 3 is 2.14 bits per heavy atom. The second kappa shape index (κ2) is 9.62. The fourth-order valence-corrected chi connectivity index (χ4v) is 3.23. The smallest absolute Gasteiger partial charge is 0.112 e. The Hall–Kier alpha value is -2.50. The molecular formula is C24H29N3O. The molecule has 0 spiro atoms. The predicted octanol–water partition coefficient (Wildman–Crippen LogP) is 3.61. The number of benzene rings is 3. The molecule has 0 radical (unpaired) electrons. The molecule has 4 nitrogen and oxygen atoms in total. The fourth-order valence-electron chi connectivity index (χ4n) is 3.23. The van der Waals surface area contributed by atoms with Gasteiger partial charge in [-0.05, 0) is 23.6 Å². The standard InChI is InChI=1S/C24H29N3O/c1-19-12-14-20(15-13-19)18-28-17-16-27-24(26,22-10-6-3-7-11-22)23(25)21-8-4-2-5-9-21/h2-15,23,27H,16-18,25-26H2,1H3/t23-,24-/m0/s1. The van der Waals surface area contributed by atoms with Crippen LogP contribution in [0.15, 0.2) is 84.9 Å². The molecule has 0 aromatic heterocycles. The van der Waals surface area contributed by atoms with Crippen molar-refractivity contribution in [3.8, 4) is 0 Å². The molecule has 0 saturated carbocycles. The minimum atomic E-state index is -0.893. The molecule has 28 heavy (non-hydrogen) atoms. The minimum absolute atomic E-state index is 0.395. The van der Waals surface area contributed by atoms with E-state index < -0.39 is 11.7 Å². The van der Waals surface area contributed by atoms with E-state index in [2.05, 4.69) is 36.5 Å². The Kier molecular flexibility index (Phi) is 6.95. The Labute approximate surface area is 167 Å². The van der Waals surface area contributed by atoms with Crippen LogP contribution in [0.1, 0.15) is 28.3 Å². The molecule has 0 aliphatic rings. The third-order valence-corrected chi connectivity index (χ3v) is 4.95. The van der Waals surface area contributed by atoms with Gasteiger partial charge < -0.3 is 16.2 Å². The monoisotopic (exact) mass is 375 g/mol. The maximum absolute atomic E-state index is 6.81. The topological polar surface area (TPSA) is 73.3 Å². The van der Waals surface area contributed by atoms with Crippen molar-refractivity contribution in [2.45, 2.75) is 25.2 Å². The van der Waals surface area contributed by atoms with E-state index in [9.17, 15) is 0 Å². The first-order valence-electron chi connectivity index (χ1n) is 9.63. The third-order valence-electron chi connectivity index (χ3n) is 4.95. The normalized spacial score (nSPS) is 14.4. The summed E-state index contributed by atoms with van der Waals surface area (Å²) < 4.78 is 5.82. The van der Waals surface area contributed by atoms with E-state index in [0.717, 1.165) is 16.7 Å². The fraction of sp³-hybridized carbons (Fsp3) is 0.250. The van der Waals surface area contributed by atoms with Crippen molar-refractivity contribution in [2.24, 2.45) is 11.5 Å². The van der Waals surface area contributed by atoms with Gasteiger partial charge >= 0.3 is 0 Å². The summed E-state index contributed by atoms with van der Waals surface area (Å²) in [7, 11) is 0. The van der Waals surface area contributed by atoms with Crippen molar-refractivity contribution in [3.05, 3.63) is 107 Å². The summed E-state index contributed by atoms with van der Waals surface area (Å²) in [5.74, 6) is 0. The Morgan fingerprint density at radius 1 is 0.893 bits per heavy atom. The van der Waals surface area contributed by atoms with E-state index in [-0.39, 0.29) is 0 Å². The SMILES string of the molecule is Cc1ccc(COCCN[C@@](N)(c2ccccc2)[C@@H](N)c2ccccc2)cc1. The second-order valence-electron chi connectivity index (χ2n) is 7.09. The first-order chi connectivity index (χ1) is 13.6. The summed E-state index contributed by atoms with van der Waals surface area (Å²) in [5, 5.41) is 3.43. The predicted molar refractivity (Wildman–Crippen MR) is 115 cm³/mol. The van der Waals surface area contributed by atoms with Crippen LogP contribution in [-0.4, -0.2) is 13.2 Å². The van der Waals surface area contributed by atoms with Gasteiger partial charge in [-0.2, -0.15) is 0 Å². The third kappa shape index (κ3) is 5.06. The molecule has 2 atom stereocenters. The van der Waals surface area contributed by atoms with Crippen LogP contribution in [0.5, 0.6) is 0 Å². The highest BCUT2D eigenvalue weighted by Crippen LogP contribution is 2.28. The zero-order valence-corrected chi connectivity index (χ0v) is 16.3. The average molecular weight is 376 g/mol. The molecule has 0 fully saturated rings. The summed E-state index contributed by atoms with van der Waals surface area (Å²) >= 11 is 0. The molecule has 0 heterocycles. The largest absolute Gasteiger partial charge is 0.375 e. The van der Waals surface area contributed by atoms with Gasteiger partial charge in [0.25, 0.3) is 0 Å². The number of hydrogen-bond donors (Lipinski definition) is 3. The van der Waals surface area contributed by atoms with E-state index in [0.29, 0.717) is 19.8 Å². The van der Waals surface area contributed by atoms with E-state index >= 15 is 0 Å². The molecule has 0 bridgehead atoms. The molecule has 0 aliphatic carbocycles.